The van der Waals surface area contributed by atoms with Crippen molar-refractivity contribution in [2.45, 2.75) is 40.7 Å². The summed E-state index contributed by atoms with van der Waals surface area (Å²) in [5, 5.41) is 0. The van der Waals surface area contributed by atoms with Gasteiger partial charge in [0, 0.05) is 12.2 Å². The summed E-state index contributed by atoms with van der Waals surface area (Å²) in [5.74, 6) is -0.236. The third-order valence-electron chi connectivity index (χ3n) is 2.77. The first kappa shape index (κ1) is 13.6. The lowest BCUT2D eigenvalue weighted by atomic mass is 10.2. The molecule has 1 rings (SSSR count). The molecule has 3 heteroatoms. The molecule has 0 saturated carbocycles. The maximum absolute atomic E-state index is 11.8. The molecule has 0 unspecified atom stereocenters. The van der Waals surface area contributed by atoms with E-state index in [1.807, 2.05) is 43.6 Å². The Morgan fingerprint density at radius 1 is 1.47 bits per heavy atom. The molecular weight excluding hydrogens is 214 g/mol. The standard InChI is InChI=1S/C14H21NO2/c1-5-8-9-15-12(6-2)11(4)10-13(15)14(16)17-7-3/h5,8,10H,6-7,9H2,1-4H3/b8-5+. The van der Waals surface area contributed by atoms with Crippen molar-refractivity contribution in [2.24, 2.45) is 0 Å². The molecule has 17 heavy (non-hydrogen) atoms. The number of carbonyl (C=O) groups excluding carboxylic acids is 1. The highest BCUT2D eigenvalue weighted by Crippen LogP contribution is 2.17. The molecule has 0 aliphatic carbocycles. The van der Waals surface area contributed by atoms with Crippen LogP contribution in [0, 0.1) is 6.92 Å². The van der Waals surface area contributed by atoms with Gasteiger partial charge >= 0.3 is 5.97 Å². The molecule has 0 radical (unpaired) electrons. The fourth-order valence-corrected chi connectivity index (χ4v) is 1.99. The Morgan fingerprint density at radius 2 is 2.18 bits per heavy atom. The van der Waals surface area contributed by atoms with Gasteiger partial charge < -0.3 is 9.30 Å². The zero-order valence-electron chi connectivity index (χ0n) is 11.1. The number of aryl methyl sites for hydroxylation is 1. The van der Waals surface area contributed by atoms with Gasteiger partial charge in [0.15, 0.2) is 0 Å². The monoisotopic (exact) mass is 235 g/mol. The predicted molar refractivity (Wildman–Crippen MR) is 69.3 cm³/mol. The zero-order chi connectivity index (χ0) is 12.8. The molecule has 0 N–H and O–H groups in total. The van der Waals surface area contributed by atoms with Gasteiger partial charge in [-0.05, 0) is 38.8 Å². The second-order valence-corrected chi connectivity index (χ2v) is 3.91. The molecular formula is C14H21NO2. The van der Waals surface area contributed by atoms with E-state index < -0.39 is 0 Å². The van der Waals surface area contributed by atoms with E-state index >= 15 is 0 Å². The van der Waals surface area contributed by atoms with Gasteiger partial charge in [0.2, 0.25) is 0 Å². The van der Waals surface area contributed by atoms with Crippen LogP contribution < -0.4 is 0 Å². The van der Waals surface area contributed by atoms with Gasteiger partial charge in [-0.15, -0.1) is 0 Å². The maximum Gasteiger partial charge on any atom is 0.354 e. The van der Waals surface area contributed by atoms with E-state index in [9.17, 15) is 4.79 Å². The molecule has 0 aliphatic rings. The van der Waals surface area contributed by atoms with Crippen molar-refractivity contribution in [3.63, 3.8) is 0 Å². The zero-order valence-corrected chi connectivity index (χ0v) is 11.1. The van der Waals surface area contributed by atoms with Gasteiger partial charge in [-0.1, -0.05) is 19.1 Å². The molecule has 0 saturated heterocycles. The van der Waals surface area contributed by atoms with Crippen LogP contribution in [0.4, 0.5) is 0 Å². The van der Waals surface area contributed by atoms with E-state index in [0.717, 1.165) is 18.5 Å². The summed E-state index contributed by atoms with van der Waals surface area (Å²) in [4.78, 5) is 11.8. The number of allylic oxidation sites excluding steroid dienone is 2. The van der Waals surface area contributed by atoms with Crippen molar-refractivity contribution in [1.29, 1.82) is 0 Å². The van der Waals surface area contributed by atoms with Crippen molar-refractivity contribution in [3.8, 4) is 0 Å². The van der Waals surface area contributed by atoms with E-state index in [1.54, 1.807) is 0 Å². The number of esters is 1. The van der Waals surface area contributed by atoms with Gasteiger partial charge in [-0.25, -0.2) is 4.79 Å². The quantitative estimate of drug-likeness (QED) is 0.580. The van der Waals surface area contributed by atoms with Crippen LogP contribution in [0.1, 0.15) is 42.5 Å². The molecule has 0 aromatic carbocycles. The number of hydrogen-bond donors (Lipinski definition) is 0. The Kier molecular flexibility index (Phi) is 5.01. The highest BCUT2D eigenvalue weighted by Gasteiger charge is 2.17. The van der Waals surface area contributed by atoms with E-state index in [4.69, 9.17) is 4.74 Å². The molecule has 94 valence electrons. The van der Waals surface area contributed by atoms with Crippen LogP contribution in [-0.2, 0) is 17.7 Å². The first-order chi connectivity index (χ1) is 8.15. The lowest BCUT2D eigenvalue weighted by Crippen LogP contribution is -2.13. The minimum absolute atomic E-state index is 0.236. The largest absolute Gasteiger partial charge is 0.461 e. The summed E-state index contributed by atoms with van der Waals surface area (Å²) < 4.78 is 7.11. The van der Waals surface area contributed by atoms with Crippen LogP contribution >= 0.6 is 0 Å². The number of aromatic nitrogens is 1. The van der Waals surface area contributed by atoms with Crippen LogP contribution in [-0.4, -0.2) is 17.1 Å². The number of rotatable bonds is 5. The van der Waals surface area contributed by atoms with Gasteiger partial charge in [-0.3, -0.25) is 0 Å². The summed E-state index contributed by atoms with van der Waals surface area (Å²) in [6, 6.07) is 1.92. The third kappa shape index (κ3) is 2.99. The summed E-state index contributed by atoms with van der Waals surface area (Å²) in [6.45, 7) is 9.07. The number of ether oxygens (including phenoxy) is 1. The smallest absolute Gasteiger partial charge is 0.354 e. The normalized spacial score (nSPS) is 11.1. The highest BCUT2D eigenvalue weighted by atomic mass is 16.5. The van der Waals surface area contributed by atoms with Crippen molar-refractivity contribution in [2.75, 3.05) is 6.61 Å². The molecule has 1 aromatic heterocycles. The van der Waals surface area contributed by atoms with Crippen LogP contribution in [0.25, 0.3) is 0 Å². The van der Waals surface area contributed by atoms with Gasteiger partial charge in [-0.2, -0.15) is 0 Å². The fraction of sp³-hybridized carbons (Fsp3) is 0.500. The molecule has 3 nitrogen and oxygen atoms in total. The minimum Gasteiger partial charge on any atom is -0.461 e. The Labute approximate surface area is 103 Å². The van der Waals surface area contributed by atoms with Crippen molar-refractivity contribution in [3.05, 3.63) is 35.2 Å². The molecule has 0 amide bonds. The molecule has 0 fully saturated rings. The Hall–Kier alpha value is -1.51. The molecule has 1 heterocycles. The Bertz CT molecular complexity index is 416. The van der Waals surface area contributed by atoms with Gasteiger partial charge in [0.1, 0.15) is 5.69 Å². The lowest BCUT2D eigenvalue weighted by Gasteiger charge is -2.10. The van der Waals surface area contributed by atoms with Gasteiger partial charge in [0.25, 0.3) is 0 Å². The summed E-state index contributed by atoms with van der Waals surface area (Å²) in [7, 11) is 0. The van der Waals surface area contributed by atoms with Crippen molar-refractivity contribution >= 4 is 5.97 Å². The number of hydrogen-bond acceptors (Lipinski definition) is 2. The maximum atomic E-state index is 11.8. The lowest BCUT2D eigenvalue weighted by molar-refractivity contribution is 0.0514. The highest BCUT2D eigenvalue weighted by molar-refractivity contribution is 5.88. The topological polar surface area (TPSA) is 31.2 Å². The van der Waals surface area contributed by atoms with Crippen molar-refractivity contribution < 1.29 is 9.53 Å². The average molecular weight is 235 g/mol. The number of carbonyl (C=O) groups is 1. The SMILES string of the molecule is C/C=C/Cn1c(C(=O)OCC)cc(C)c1CC. The first-order valence-corrected chi connectivity index (χ1v) is 6.12. The third-order valence-corrected chi connectivity index (χ3v) is 2.77. The van der Waals surface area contributed by atoms with Crippen LogP contribution in [0.15, 0.2) is 18.2 Å². The second kappa shape index (κ2) is 6.28. The van der Waals surface area contributed by atoms with E-state index in [0.29, 0.717) is 12.3 Å². The fourth-order valence-electron chi connectivity index (χ4n) is 1.99. The van der Waals surface area contributed by atoms with Gasteiger partial charge in [0.05, 0.1) is 6.61 Å². The Balaban J connectivity index is 3.14. The molecule has 0 bridgehead atoms. The summed E-state index contributed by atoms with van der Waals surface area (Å²) >= 11 is 0. The molecule has 0 atom stereocenters. The van der Waals surface area contributed by atoms with E-state index in [2.05, 4.69) is 6.92 Å². The minimum atomic E-state index is -0.236. The summed E-state index contributed by atoms with van der Waals surface area (Å²) in [6.07, 6.45) is 4.95. The van der Waals surface area contributed by atoms with Crippen LogP contribution in [0.5, 0.6) is 0 Å². The van der Waals surface area contributed by atoms with Crippen molar-refractivity contribution in [1.82, 2.24) is 4.57 Å². The Morgan fingerprint density at radius 3 is 2.71 bits per heavy atom. The summed E-state index contributed by atoms with van der Waals surface area (Å²) in [5.41, 5.74) is 3.01. The van der Waals surface area contributed by atoms with E-state index in [-0.39, 0.29) is 5.97 Å². The molecule has 0 spiro atoms. The predicted octanol–water partition coefficient (Wildman–Crippen LogP) is 3.11. The van der Waals surface area contributed by atoms with Crippen LogP contribution in [0.3, 0.4) is 0 Å². The van der Waals surface area contributed by atoms with E-state index in [1.165, 1.54) is 5.69 Å². The molecule has 1 aromatic rings. The average Bonchev–Trinajstić information content (AvgIpc) is 2.63. The number of nitrogens with zero attached hydrogens (tertiary/aromatic N) is 1. The first-order valence-electron chi connectivity index (χ1n) is 6.12. The second-order valence-electron chi connectivity index (χ2n) is 3.91. The molecule has 0 aliphatic heterocycles. The van der Waals surface area contributed by atoms with Crippen LogP contribution in [0.2, 0.25) is 0 Å².